The summed E-state index contributed by atoms with van der Waals surface area (Å²) in [6.45, 7) is 14.2. The fourth-order valence-electron chi connectivity index (χ4n) is 5.98. The second-order valence-electron chi connectivity index (χ2n) is 11.7. The van der Waals surface area contributed by atoms with Crippen LogP contribution in [0.1, 0.15) is 63.4 Å². The van der Waals surface area contributed by atoms with Crippen LogP contribution in [0.25, 0.3) is 22.3 Å². The van der Waals surface area contributed by atoms with Crippen LogP contribution in [0.3, 0.4) is 0 Å². The van der Waals surface area contributed by atoms with E-state index in [4.69, 9.17) is 0 Å². The van der Waals surface area contributed by atoms with Gasteiger partial charge < -0.3 is 14.9 Å². The molecule has 2 aliphatic rings. The summed E-state index contributed by atoms with van der Waals surface area (Å²) in [5.74, 6) is -2.29. The van der Waals surface area contributed by atoms with Gasteiger partial charge in [-0.15, -0.1) is 0 Å². The molecule has 5 rings (SSSR count). The van der Waals surface area contributed by atoms with Gasteiger partial charge in [0.05, 0.1) is 22.3 Å². The predicted molar refractivity (Wildman–Crippen MR) is 162 cm³/mol. The highest BCUT2D eigenvalue weighted by Crippen LogP contribution is 2.38. The number of rotatable bonds is 5. The molecule has 43 heavy (non-hydrogen) atoms. The van der Waals surface area contributed by atoms with E-state index in [0.717, 1.165) is 5.56 Å². The summed E-state index contributed by atoms with van der Waals surface area (Å²) in [6.07, 6.45) is 4.95. The molecule has 0 aromatic carbocycles. The van der Waals surface area contributed by atoms with Gasteiger partial charge in [0.25, 0.3) is 0 Å². The minimum Gasteiger partial charge on any atom is -0.511 e. The number of carbonyl (C=O) groups is 1. The molecular weight excluding hydrogens is 554 g/mol. The van der Waals surface area contributed by atoms with Crippen molar-refractivity contribution in [2.45, 2.75) is 59.4 Å². The number of amides is 1. The Kier molecular flexibility index (Phi) is 8.18. The first-order chi connectivity index (χ1) is 20.4. The molecule has 0 spiro atoms. The molecule has 1 fully saturated rings. The first-order valence-corrected chi connectivity index (χ1v) is 14.5. The van der Waals surface area contributed by atoms with Gasteiger partial charge in [0.15, 0.2) is 11.5 Å². The maximum atomic E-state index is 16.0. The predicted octanol–water partition coefficient (Wildman–Crippen LogP) is 5.52. The number of pyridine rings is 2. The van der Waals surface area contributed by atoms with Crippen LogP contribution in [0, 0.1) is 18.7 Å². The summed E-state index contributed by atoms with van der Waals surface area (Å²) in [4.78, 5) is 43.6. The lowest BCUT2D eigenvalue weighted by Crippen LogP contribution is -2.42. The number of carbonyl (C=O) groups excluding carboxylic acids is 1. The molecule has 1 unspecified atom stereocenters. The number of nitrogens with zero attached hydrogens (tertiary/aromatic N) is 6. The molecule has 3 aromatic rings. The molecule has 1 saturated heterocycles. The van der Waals surface area contributed by atoms with Crippen molar-refractivity contribution in [3.8, 4) is 5.69 Å². The quantitative estimate of drug-likeness (QED) is 0.390. The number of allylic oxidation sites excluding steroid dienone is 4. The Morgan fingerprint density at radius 2 is 1.95 bits per heavy atom. The molecule has 9 nitrogen and oxygen atoms in total. The molecule has 1 amide bonds. The number of hydrogen-bond donors (Lipinski definition) is 1. The molecule has 1 aliphatic carbocycles. The summed E-state index contributed by atoms with van der Waals surface area (Å²) in [6, 6.07) is 2.68. The van der Waals surface area contributed by atoms with E-state index in [9.17, 15) is 14.7 Å². The van der Waals surface area contributed by atoms with Gasteiger partial charge in [0, 0.05) is 38.3 Å². The van der Waals surface area contributed by atoms with Crippen LogP contribution in [0.4, 0.5) is 14.6 Å². The molecular formula is C32H36F2N6O3. The zero-order valence-electron chi connectivity index (χ0n) is 25.1. The number of fused-ring (bicyclic) bond motifs is 1. The van der Waals surface area contributed by atoms with Gasteiger partial charge in [0.2, 0.25) is 5.91 Å². The number of aliphatic hydroxyl groups is 1. The van der Waals surface area contributed by atoms with Crippen molar-refractivity contribution in [1.29, 1.82) is 0 Å². The van der Waals surface area contributed by atoms with Crippen LogP contribution in [0.15, 0.2) is 53.4 Å². The minimum atomic E-state index is -0.863. The molecule has 0 saturated carbocycles. The van der Waals surface area contributed by atoms with Crippen LogP contribution in [0.5, 0.6) is 0 Å². The van der Waals surface area contributed by atoms with E-state index in [0.29, 0.717) is 37.4 Å². The molecule has 0 radical (unpaired) electrons. The first kappa shape index (κ1) is 30.1. The SMILES string of the molecule is C=CC(=O)N1CCCN(c2nc(=O)n(-c3c(C)ccnc3C(C)C)c3nc(C4=C(O)C[C@H](C)C=C4F)c(F)cc23)C(C)C1. The Bertz CT molecular complexity index is 1750. The summed E-state index contributed by atoms with van der Waals surface area (Å²) in [5, 5.41) is 11.0. The normalized spacial score (nSPS) is 19.6. The van der Waals surface area contributed by atoms with Crippen LogP contribution in [0.2, 0.25) is 0 Å². The second kappa shape index (κ2) is 11.7. The van der Waals surface area contributed by atoms with Gasteiger partial charge in [-0.2, -0.15) is 4.98 Å². The van der Waals surface area contributed by atoms with E-state index in [2.05, 4.69) is 21.5 Å². The lowest BCUT2D eigenvalue weighted by Gasteiger charge is -2.31. The van der Waals surface area contributed by atoms with Crippen LogP contribution in [-0.2, 0) is 4.79 Å². The summed E-state index contributed by atoms with van der Waals surface area (Å²) in [5.41, 5.74) is 0.491. The third-order valence-electron chi connectivity index (χ3n) is 8.04. The van der Waals surface area contributed by atoms with Crippen molar-refractivity contribution in [2.75, 3.05) is 24.5 Å². The number of anilines is 1. The highest BCUT2D eigenvalue weighted by atomic mass is 19.1. The third kappa shape index (κ3) is 5.44. The summed E-state index contributed by atoms with van der Waals surface area (Å²) < 4.78 is 32.5. The summed E-state index contributed by atoms with van der Waals surface area (Å²) >= 11 is 0. The number of aromatic nitrogens is 4. The largest absolute Gasteiger partial charge is 0.511 e. The molecule has 0 bridgehead atoms. The summed E-state index contributed by atoms with van der Waals surface area (Å²) in [7, 11) is 0. The monoisotopic (exact) mass is 590 g/mol. The second-order valence-corrected chi connectivity index (χ2v) is 11.7. The lowest BCUT2D eigenvalue weighted by atomic mass is 9.93. The van der Waals surface area contributed by atoms with E-state index in [1.165, 1.54) is 22.8 Å². The van der Waals surface area contributed by atoms with E-state index in [1.807, 2.05) is 32.6 Å². The maximum Gasteiger partial charge on any atom is 0.355 e. The molecule has 3 aromatic heterocycles. The number of aliphatic hydroxyl groups excluding tert-OH is 1. The molecule has 4 heterocycles. The van der Waals surface area contributed by atoms with E-state index >= 15 is 8.78 Å². The van der Waals surface area contributed by atoms with Crippen LogP contribution in [-0.4, -0.2) is 61.1 Å². The van der Waals surface area contributed by atoms with Crippen molar-refractivity contribution < 1.29 is 18.7 Å². The van der Waals surface area contributed by atoms with Crippen molar-refractivity contribution in [3.63, 3.8) is 0 Å². The maximum absolute atomic E-state index is 16.0. The average molecular weight is 591 g/mol. The Hall–Kier alpha value is -4.41. The average Bonchev–Trinajstić information content (AvgIpc) is 3.14. The van der Waals surface area contributed by atoms with Gasteiger partial charge in [0.1, 0.15) is 23.1 Å². The molecule has 1 aliphatic heterocycles. The first-order valence-electron chi connectivity index (χ1n) is 14.5. The highest BCUT2D eigenvalue weighted by Gasteiger charge is 2.31. The zero-order valence-corrected chi connectivity index (χ0v) is 25.1. The Morgan fingerprint density at radius 3 is 2.63 bits per heavy atom. The van der Waals surface area contributed by atoms with Crippen LogP contribution < -0.4 is 10.6 Å². The van der Waals surface area contributed by atoms with Crippen LogP contribution >= 0.6 is 0 Å². The topological polar surface area (TPSA) is 104 Å². The third-order valence-corrected chi connectivity index (χ3v) is 8.04. The minimum absolute atomic E-state index is 0.0617. The standard InChI is InChI=1S/C32H36F2N6O3/c1-7-25(42)38-11-8-12-39(20(6)16-38)30-21-15-23(34)28(26-22(33)13-18(4)14-24(26)41)36-31(21)40(32(43)37-30)29-19(5)9-10-35-27(29)17(2)3/h7,9-10,13,15,17-18,20,41H,1,8,11-12,14,16H2,2-6H3/t18-,20?/m1/s1. The molecule has 226 valence electrons. The smallest absolute Gasteiger partial charge is 0.355 e. The van der Waals surface area contributed by atoms with Gasteiger partial charge in [-0.25, -0.2) is 23.1 Å². The number of halogens is 2. The Balaban J connectivity index is 1.82. The fraction of sp³-hybridized carbons (Fsp3) is 0.406. The molecule has 11 heteroatoms. The lowest BCUT2D eigenvalue weighted by molar-refractivity contribution is -0.126. The number of aryl methyl sites for hydroxylation is 1. The fourth-order valence-corrected chi connectivity index (χ4v) is 5.98. The van der Waals surface area contributed by atoms with Crippen molar-refractivity contribution in [1.82, 2.24) is 24.4 Å². The number of hydrogen-bond acceptors (Lipinski definition) is 7. The zero-order chi connectivity index (χ0) is 31.2. The van der Waals surface area contributed by atoms with Crippen molar-refractivity contribution in [2.24, 2.45) is 5.92 Å². The van der Waals surface area contributed by atoms with Gasteiger partial charge in [-0.1, -0.05) is 27.4 Å². The van der Waals surface area contributed by atoms with E-state index in [-0.39, 0.29) is 58.4 Å². The van der Waals surface area contributed by atoms with E-state index < -0.39 is 23.0 Å². The highest BCUT2D eigenvalue weighted by molar-refractivity contribution is 5.91. The Labute approximate surface area is 248 Å². The van der Waals surface area contributed by atoms with E-state index in [1.54, 1.807) is 24.1 Å². The van der Waals surface area contributed by atoms with Gasteiger partial charge >= 0.3 is 5.69 Å². The van der Waals surface area contributed by atoms with Crippen molar-refractivity contribution >= 4 is 28.3 Å². The van der Waals surface area contributed by atoms with Gasteiger partial charge in [-0.3, -0.25) is 9.78 Å². The van der Waals surface area contributed by atoms with Crippen molar-refractivity contribution in [3.05, 3.63) is 81.9 Å². The molecule has 2 atom stereocenters. The van der Waals surface area contributed by atoms with Gasteiger partial charge in [-0.05, 0) is 62.0 Å². The Morgan fingerprint density at radius 1 is 1.21 bits per heavy atom. The molecule has 1 N–H and O–H groups in total.